The van der Waals surface area contributed by atoms with Crippen molar-refractivity contribution in [2.75, 3.05) is 0 Å². The van der Waals surface area contributed by atoms with Crippen LogP contribution in [0.2, 0.25) is 0 Å². The van der Waals surface area contributed by atoms with Crippen LogP contribution in [0.1, 0.15) is 49.1 Å². The third-order valence-electron chi connectivity index (χ3n) is 3.32. The van der Waals surface area contributed by atoms with Crippen LogP contribution in [-0.4, -0.2) is 10.2 Å². The van der Waals surface area contributed by atoms with E-state index in [2.05, 4.69) is 0 Å². The Morgan fingerprint density at radius 1 is 1.13 bits per heavy atom. The monoisotopic (exact) mass is 206 g/mol. The molecule has 2 N–H and O–H groups in total. The lowest BCUT2D eigenvalue weighted by molar-refractivity contribution is 0.281. The molecule has 0 radical (unpaired) electrons. The lowest BCUT2D eigenvalue weighted by Crippen LogP contribution is -2.05. The van der Waals surface area contributed by atoms with Crippen LogP contribution in [0, 0.1) is 0 Å². The van der Waals surface area contributed by atoms with E-state index in [-0.39, 0.29) is 6.61 Å². The molecule has 1 aromatic carbocycles. The Balaban J connectivity index is 2.24. The number of hydrogen-bond donors (Lipinski definition) is 2. The summed E-state index contributed by atoms with van der Waals surface area (Å²) in [6.45, 7) is 0.0556. The van der Waals surface area contributed by atoms with E-state index in [0.717, 1.165) is 11.1 Å². The fraction of sp³-hybridized carbons (Fsp3) is 0.538. The van der Waals surface area contributed by atoms with Gasteiger partial charge in [0.1, 0.15) is 5.75 Å². The van der Waals surface area contributed by atoms with Crippen molar-refractivity contribution in [1.82, 2.24) is 0 Å². The Morgan fingerprint density at radius 2 is 1.87 bits per heavy atom. The second kappa shape index (κ2) is 4.67. The molecule has 82 valence electrons. The van der Waals surface area contributed by atoms with Crippen LogP contribution in [0.5, 0.6) is 5.75 Å². The van der Waals surface area contributed by atoms with Crippen LogP contribution in [0.4, 0.5) is 0 Å². The van der Waals surface area contributed by atoms with Gasteiger partial charge in [0.25, 0.3) is 0 Å². The normalized spacial score (nSPS) is 17.9. The van der Waals surface area contributed by atoms with Crippen LogP contribution in [-0.2, 0) is 6.61 Å². The van der Waals surface area contributed by atoms with Crippen molar-refractivity contribution >= 4 is 0 Å². The molecular formula is C13H18O2. The summed E-state index contributed by atoms with van der Waals surface area (Å²) in [6.07, 6.45) is 6.17. The van der Waals surface area contributed by atoms with Gasteiger partial charge in [0, 0.05) is 0 Å². The molecule has 2 nitrogen and oxygen atoms in total. The summed E-state index contributed by atoms with van der Waals surface area (Å²) < 4.78 is 0. The highest BCUT2D eigenvalue weighted by Gasteiger charge is 2.18. The maximum absolute atomic E-state index is 9.80. The maximum Gasteiger partial charge on any atom is 0.119 e. The highest BCUT2D eigenvalue weighted by molar-refractivity contribution is 5.38. The SMILES string of the molecule is OCc1ccc(O)c(C2CCCCC2)c1. The maximum atomic E-state index is 9.80. The van der Waals surface area contributed by atoms with Gasteiger partial charge < -0.3 is 10.2 Å². The predicted octanol–water partition coefficient (Wildman–Crippen LogP) is 2.93. The fourth-order valence-electron chi connectivity index (χ4n) is 2.44. The Bertz CT molecular complexity index is 327. The standard InChI is InChI=1S/C13H18O2/c14-9-10-6-7-13(15)12(8-10)11-4-2-1-3-5-11/h6-8,11,14-15H,1-5,9H2. The fourth-order valence-corrected chi connectivity index (χ4v) is 2.44. The third kappa shape index (κ3) is 2.32. The molecule has 0 heterocycles. The van der Waals surface area contributed by atoms with Crippen LogP contribution < -0.4 is 0 Å². The molecule has 2 heteroatoms. The minimum atomic E-state index is 0.0556. The Hall–Kier alpha value is -1.02. The number of rotatable bonds is 2. The van der Waals surface area contributed by atoms with Gasteiger partial charge in [-0.05, 0) is 42.0 Å². The summed E-state index contributed by atoms with van der Waals surface area (Å²) in [6, 6.07) is 5.43. The minimum absolute atomic E-state index is 0.0556. The molecule has 1 fully saturated rings. The molecule has 0 saturated heterocycles. The number of aliphatic hydroxyl groups is 1. The summed E-state index contributed by atoms with van der Waals surface area (Å²) in [5, 5.41) is 18.9. The van der Waals surface area contributed by atoms with Gasteiger partial charge in [0.05, 0.1) is 6.61 Å². The second-order valence-corrected chi connectivity index (χ2v) is 4.39. The molecule has 1 aliphatic carbocycles. The smallest absolute Gasteiger partial charge is 0.119 e. The summed E-state index contributed by atoms with van der Waals surface area (Å²) in [4.78, 5) is 0. The highest BCUT2D eigenvalue weighted by atomic mass is 16.3. The highest BCUT2D eigenvalue weighted by Crippen LogP contribution is 2.37. The number of phenolic OH excluding ortho intramolecular Hbond substituents is 1. The molecule has 0 spiro atoms. The van der Waals surface area contributed by atoms with Gasteiger partial charge in [-0.1, -0.05) is 25.3 Å². The molecule has 1 aromatic rings. The average Bonchev–Trinajstić information content (AvgIpc) is 2.31. The van der Waals surface area contributed by atoms with Gasteiger partial charge in [-0.25, -0.2) is 0 Å². The van der Waals surface area contributed by atoms with Gasteiger partial charge in [0.15, 0.2) is 0 Å². The largest absolute Gasteiger partial charge is 0.508 e. The topological polar surface area (TPSA) is 40.5 Å². The first-order valence-corrected chi connectivity index (χ1v) is 5.74. The first-order chi connectivity index (χ1) is 7.31. The average molecular weight is 206 g/mol. The molecule has 0 aromatic heterocycles. The van der Waals surface area contributed by atoms with E-state index in [4.69, 9.17) is 5.11 Å². The lowest BCUT2D eigenvalue weighted by atomic mass is 9.83. The summed E-state index contributed by atoms with van der Waals surface area (Å²) in [5.74, 6) is 0.879. The first kappa shape index (κ1) is 10.5. The minimum Gasteiger partial charge on any atom is -0.508 e. The van der Waals surface area contributed by atoms with Gasteiger partial charge in [0.2, 0.25) is 0 Å². The van der Waals surface area contributed by atoms with Gasteiger partial charge in [-0.3, -0.25) is 0 Å². The molecule has 0 bridgehead atoms. The van der Waals surface area contributed by atoms with Gasteiger partial charge in [-0.15, -0.1) is 0 Å². The van der Waals surface area contributed by atoms with Crippen molar-refractivity contribution in [2.24, 2.45) is 0 Å². The zero-order valence-electron chi connectivity index (χ0n) is 8.95. The summed E-state index contributed by atoms with van der Waals surface area (Å²) in [7, 11) is 0. The predicted molar refractivity (Wildman–Crippen MR) is 59.9 cm³/mol. The first-order valence-electron chi connectivity index (χ1n) is 5.74. The van der Waals surface area contributed by atoms with Crippen molar-refractivity contribution in [2.45, 2.75) is 44.6 Å². The van der Waals surface area contributed by atoms with E-state index < -0.39 is 0 Å². The molecule has 1 saturated carbocycles. The molecule has 0 amide bonds. The molecule has 15 heavy (non-hydrogen) atoms. The van der Waals surface area contributed by atoms with Crippen molar-refractivity contribution in [3.8, 4) is 5.75 Å². The number of aromatic hydroxyl groups is 1. The van der Waals surface area contributed by atoms with Crippen LogP contribution in [0.3, 0.4) is 0 Å². The van der Waals surface area contributed by atoms with E-state index in [9.17, 15) is 5.11 Å². The van der Waals surface area contributed by atoms with E-state index in [1.165, 1.54) is 32.1 Å². The van der Waals surface area contributed by atoms with Crippen LogP contribution in [0.25, 0.3) is 0 Å². The molecule has 0 unspecified atom stereocenters. The molecule has 0 atom stereocenters. The van der Waals surface area contributed by atoms with E-state index >= 15 is 0 Å². The Morgan fingerprint density at radius 3 is 2.53 bits per heavy atom. The second-order valence-electron chi connectivity index (χ2n) is 4.39. The molecule has 0 aliphatic heterocycles. The molecule has 1 aliphatic rings. The Kier molecular flexibility index (Phi) is 3.27. The van der Waals surface area contributed by atoms with Crippen LogP contribution >= 0.6 is 0 Å². The van der Waals surface area contributed by atoms with Crippen molar-refractivity contribution in [3.05, 3.63) is 29.3 Å². The van der Waals surface area contributed by atoms with E-state index in [1.807, 2.05) is 6.07 Å². The van der Waals surface area contributed by atoms with Crippen molar-refractivity contribution in [1.29, 1.82) is 0 Å². The number of phenols is 1. The number of benzene rings is 1. The summed E-state index contributed by atoms with van der Waals surface area (Å²) >= 11 is 0. The summed E-state index contributed by atoms with van der Waals surface area (Å²) in [5.41, 5.74) is 1.93. The van der Waals surface area contributed by atoms with Crippen LogP contribution in [0.15, 0.2) is 18.2 Å². The van der Waals surface area contributed by atoms with E-state index in [0.29, 0.717) is 11.7 Å². The molecular weight excluding hydrogens is 188 g/mol. The van der Waals surface area contributed by atoms with Gasteiger partial charge in [-0.2, -0.15) is 0 Å². The quantitative estimate of drug-likeness (QED) is 0.781. The zero-order valence-corrected chi connectivity index (χ0v) is 8.95. The van der Waals surface area contributed by atoms with E-state index in [1.54, 1.807) is 12.1 Å². The van der Waals surface area contributed by atoms with Crippen molar-refractivity contribution in [3.63, 3.8) is 0 Å². The number of hydrogen-bond acceptors (Lipinski definition) is 2. The number of aliphatic hydroxyl groups excluding tert-OH is 1. The lowest BCUT2D eigenvalue weighted by Gasteiger charge is -2.23. The van der Waals surface area contributed by atoms with Crippen molar-refractivity contribution < 1.29 is 10.2 Å². The third-order valence-corrected chi connectivity index (χ3v) is 3.32. The Labute approximate surface area is 90.6 Å². The molecule has 2 rings (SSSR count). The van der Waals surface area contributed by atoms with Gasteiger partial charge >= 0.3 is 0 Å². The zero-order chi connectivity index (χ0) is 10.7.